The maximum absolute atomic E-state index is 11.0. The van der Waals surface area contributed by atoms with Crippen molar-refractivity contribution in [2.24, 2.45) is 0 Å². The van der Waals surface area contributed by atoms with Gasteiger partial charge in [-0.3, -0.25) is 4.79 Å². The molecular formula is C11H15N5O. The number of nitrogens with zero attached hydrogens (tertiary/aromatic N) is 3. The van der Waals surface area contributed by atoms with Gasteiger partial charge in [0.25, 0.3) is 0 Å². The molecule has 2 aromatic rings. The topological polar surface area (TPSA) is 71.3 Å². The lowest BCUT2D eigenvalue weighted by molar-refractivity contribution is -0.120. The highest BCUT2D eigenvalue weighted by molar-refractivity contribution is 5.75. The van der Waals surface area contributed by atoms with E-state index in [0.717, 1.165) is 11.3 Å². The molecule has 2 heterocycles. The molecule has 0 aliphatic heterocycles. The summed E-state index contributed by atoms with van der Waals surface area (Å²) in [6.45, 7) is 2.49. The highest BCUT2D eigenvalue weighted by Gasteiger charge is 2.04. The van der Waals surface area contributed by atoms with Crippen molar-refractivity contribution in [2.45, 2.75) is 13.3 Å². The molecule has 0 aromatic carbocycles. The summed E-state index contributed by atoms with van der Waals surface area (Å²) in [6, 6.07) is 5.80. The first kappa shape index (κ1) is 11.4. The number of carbonyl (C=O) groups excluding carboxylic acids is 1. The lowest BCUT2D eigenvalue weighted by atomic mass is 10.4. The van der Waals surface area contributed by atoms with Crippen LogP contribution in [0.2, 0.25) is 0 Å². The average molecular weight is 233 g/mol. The van der Waals surface area contributed by atoms with Gasteiger partial charge in [0.05, 0.1) is 0 Å². The number of aryl methyl sites for hydroxylation is 1. The summed E-state index contributed by atoms with van der Waals surface area (Å²) in [5.74, 6) is 0.542. The van der Waals surface area contributed by atoms with Crippen LogP contribution in [0.4, 0.5) is 5.95 Å². The molecule has 0 radical (unpaired) electrons. The second-order valence-electron chi connectivity index (χ2n) is 3.72. The van der Waals surface area contributed by atoms with Gasteiger partial charge < -0.3 is 10.6 Å². The SMILES string of the molecule is CNC(=O)CCNc1nc2cccc(C)n2n1. The van der Waals surface area contributed by atoms with E-state index in [4.69, 9.17) is 0 Å². The molecule has 6 nitrogen and oxygen atoms in total. The predicted molar refractivity (Wildman–Crippen MR) is 64.9 cm³/mol. The molecule has 0 aliphatic rings. The normalized spacial score (nSPS) is 10.5. The molecule has 0 spiro atoms. The zero-order valence-electron chi connectivity index (χ0n) is 9.90. The van der Waals surface area contributed by atoms with E-state index in [1.54, 1.807) is 11.6 Å². The van der Waals surface area contributed by atoms with Crippen molar-refractivity contribution in [1.29, 1.82) is 0 Å². The zero-order valence-corrected chi connectivity index (χ0v) is 9.90. The van der Waals surface area contributed by atoms with Crippen molar-refractivity contribution in [1.82, 2.24) is 19.9 Å². The third-order valence-electron chi connectivity index (χ3n) is 2.46. The van der Waals surface area contributed by atoms with Crippen LogP contribution in [0.5, 0.6) is 0 Å². The summed E-state index contributed by atoms with van der Waals surface area (Å²) >= 11 is 0. The zero-order chi connectivity index (χ0) is 12.3. The fraction of sp³-hybridized carbons (Fsp3) is 0.364. The van der Waals surface area contributed by atoms with E-state index >= 15 is 0 Å². The van der Waals surface area contributed by atoms with Crippen LogP contribution in [-0.2, 0) is 4.79 Å². The molecule has 17 heavy (non-hydrogen) atoms. The van der Waals surface area contributed by atoms with Gasteiger partial charge >= 0.3 is 0 Å². The number of hydrogen-bond donors (Lipinski definition) is 2. The summed E-state index contributed by atoms with van der Waals surface area (Å²) in [4.78, 5) is 15.3. The maximum atomic E-state index is 11.0. The molecule has 0 unspecified atom stereocenters. The Labute approximate surface area is 99.0 Å². The predicted octanol–water partition coefficient (Wildman–Crippen LogP) is 0.586. The Balaban J connectivity index is 2.05. The van der Waals surface area contributed by atoms with E-state index in [2.05, 4.69) is 20.7 Å². The van der Waals surface area contributed by atoms with Crippen LogP contribution in [0.25, 0.3) is 5.65 Å². The molecule has 0 atom stereocenters. The molecular weight excluding hydrogens is 218 g/mol. The molecule has 0 saturated heterocycles. The van der Waals surface area contributed by atoms with Gasteiger partial charge in [0.15, 0.2) is 5.65 Å². The van der Waals surface area contributed by atoms with Crippen molar-refractivity contribution in [2.75, 3.05) is 18.9 Å². The lowest BCUT2D eigenvalue weighted by Crippen LogP contribution is -2.21. The third-order valence-corrected chi connectivity index (χ3v) is 2.46. The molecule has 2 rings (SSSR count). The van der Waals surface area contributed by atoms with E-state index in [1.807, 2.05) is 25.1 Å². The van der Waals surface area contributed by atoms with Crippen LogP contribution in [-0.4, -0.2) is 34.1 Å². The summed E-state index contributed by atoms with van der Waals surface area (Å²) < 4.78 is 1.77. The van der Waals surface area contributed by atoms with Crippen LogP contribution in [0.1, 0.15) is 12.1 Å². The standard InChI is InChI=1S/C11H15N5O/c1-8-4-3-5-9-14-11(15-16(8)9)13-7-6-10(17)12-2/h3-5H,6-7H2,1-2H3,(H,12,17)(H,13,15). The Morgan fingerprint density at radius 1 is 1.47 bits per heavy atom. The molecule has 2 N–H and O–H groups in total. The van der Waals surface area contributed by atoms with E-state index in [-0.39, 0.29) is 5.91 Å². The summed E-state index contributed by atoms with van der Waals surface area (Å²) in [5, 5.41) is 9.88. The van der Waals surface area contributed by atoms with Crippen LogP contribution >= 0.6 is 0 Å². The number of aromatic nitrogens is 3. The number of amides is 1. The fourth-order valence-corrected chi connectivity index (χ4v) is 1.52. The van der Waals surface area contributed by atoms with Crippen LogP contribution < -0.4 is 10.6 Å². The third kappa shape index (κ3) is 2.52. The van der Waals surface area contributed by atoms with Crippen LogP contribution in [0.3, 0.4) is 0 Å². The molecule has 0 fully saturated rings. The Morgan fingerprint density at radius 2 is 2.29 bits per heavy atom. The fourth-order valence-electron chi connectivity index (χ4n) is 1.52. The van der Waals surface area contributed by atoms with Gasteiger partial charge in [-0.15, -0.1) is 5.10 Å². The van der Waals surface area contributed by atoms with Gasteiger partial charge in [-0.2, -0.15) is 4.98 Å². The van der Waals surface area contributed by atoms with E-state index in [0.29, 0.717) is 18.9 Å². The van der Waals surface area contributed by atoms with Gasteiger partial charge in [-0.1, -0.05) is 6.07 Å². The van der Waals surface area contributed by atoms with Crippen molar-refractivity contribution in [3.8, 4) is 0 Å². The summed E-state index contributed by atoms with van der Waals surface area (Å²) in [6.07, 6.45) is 0.408. The van der Waals surface area contributed by atoms with Crippen LogP contribution in [0, 0.1) is 6.92 Å². The van der Waals surface area contributed by atoms with Crippen LogP contribution in [0.15, 0.2) is 18.2 Å². The number of carbonyl (C=O) groups is 1. The Morgan fingerprint density at radius 3 is 3.00 bits per heavy atom. The second-order valence-corrected chi connectivity index (χ2v) is 3.72. The molecule has 0 saturated carbocycles. The van der Waals surface area contributed by atoms with E-state index in [9.17, 15) is 4.79 Å². The minimum absolute atomic E-state index is 0.00237. The van der Waals surface area contributed by atoms with Gasteiger partial charge in [0.2, 0.25) is 11.9 Å². The second kappa shape index (κ2) is 4.82. The maximum Gasteiger partial charge on any atom is 0.243 e. The molecule has 90 valence electrons. The highest BCUT2D eigenvalue weighted by atomic mass is 16.1. The number of pyridine rings is 1. The van der Waals surface area contributed by atoms with Gasteiger partial charge in [-0.25, -0.2) is 4.52 Å². The monoisotopic (exact) mass is 233 g/mol. The van der Waals surface area contributed by atoms with Gasteiger partial charge in [0, 0.05) is 25.7 Å². The number of fused-ring (bicyclic) bond motifs is 1. The largest absolute Gasteiger partial charge is 0.359 e. The Kier molecular flexibility index (Phi) is 3.22. The van der Waals surface area contributed by atoms with Crippen molar-refractivity contribution in [3.05, 3.63) is 23.9 Å². The minimum atomic E-state index is -0.00237. The van der Waals surface area contributed by atoms with Gasteiger partial charge in [0.1, 0.15) is 0 Å². The number of anilines is 1. The van der Waals surface area contributed by atoms with Crippen molar-refractivity contribution >= 4 is 17.5 Å². The average Bonchev–Trinajstić information content (AvgIpc) is 2.73. The first-order valence-corrected chi connectivity index (χ1v) is 5.47. The molecule has 6 heteroatoms. The molecule has 1 amide bonds. The van der Waals surface area contributed by atoms with E-state index < -0.39 is 0 Å². The Bertz CT molecular complexity index is 534. The van der Waals surface area contributed by atoms with Crippen molar-refractivity contribution in [3.63, 3.8) is 0 Å². The number of hydrogen-bond acceptors (Lipinski definition) is 4. The quantitative estimate of drug-likeness (QED) is 0.810. The highest BCUT2D eigenvalue weighted by Crippen LogP contribution is 2.07. The first-order chi connectivity index (χ1) is 8.20. The summed E-state index contributed by atoms with van der Waals surface area (Å²) in [7, 11) is 1.62. The van der Waals surface area contributed by atoms with E-state index in [1.165, 1.54) is 0 Å². The molecule has 2 aromatic heterocycles. The summed E-state index contributed by atoms with van der Waals surface area (Å²) in [5.41, 5.74) is 1.82. The molecule has 0 bridgehead atoms. The van der Waals surface area contributed by atoms with Crippen molar-refractivity contribution < 1.29 is 4.79 Å². The first-order valence-electron chi connectivity index (χ1n) is 5.47. The lowest BCUT2D eigenvalue weighted by Gasteiger charge is -2.00. The number of nitrogens with one attached hydrogen (secondary N) is 2. The van der Waals surface area contributed by atoms with Gasteiger partial charge in [-0.05, 0) is 19.1 Å². The minimum Gasteiger partial charge on any atom is -0.359 e. The molecule has 0 aliphatic carbocycles. The smallest absolute Gasteiger partial charge is 0.243 e. The number of rotatable bonds is 4. The Hall–Kier alpha value is -2.11.